The highest BCUT2D eigenvalue weighted by molar-refractivity contribution is 5.96. The van der Waals surface area contributed by atoms with E-state index in [0.717, 1.165) is 16.8 Å². The molecule has 1 aliphatic heterocycles. The van der Waals surface area contributed by atoms with Gasteiger partial charge in [-0.05, 0) is 17.7 Å². The van der Waals surface area contributed by atoms with Crippen molar-refractivity contribution >= 4 is 28.6 Å². The zero-order valence-corrected chi connectivity index (χ0v) is 21.2. The smallest absolute Gasteiger partial charge is 0.283 e. The number of rotatable bonds is 9. The molecule has 1 aliphatic rings. The molecule has 2 aromatic heterocycles. The van der Waals surface area contributed by atoms with Gasteiger partial charge in [-0.25, -0.2) is 15.0 Å². The summed E-state index contributed by atoms with van der Waals surface area (Å²) < 4.78 is 13.4. The van der Waals surface area contributed by atoms with E-state index < -0.39 is 18.2 Å². The highest BCUT2D eigenvalue weighted by atomic mass is 16.5. The number of amides is 1. The van der Waals surface area contributed by atoms with Gasteiger partial charge in [0.25, 0.3) is 5.91 Å². The lowest BCUT2D eigenvalue weighted by Crippen LogP contribution is -2.37. The largest absolute Gasteiger partial charge is 0.491 e. The Kier molecular flexibility index (Phi) is 7.63. The van der Waals surface area contributed by atoms with Gasteiger partial charge in [0.05, 0.1) is 18.8 Å². The maximum Gasteiger partial charge on any atom is 0.283 e. The second kappa shape index (κ2) is 11.4. The van der Waals surface area contributed by atoms with Crippen LogP contribution < -0.4 is 37.2 Å². The molecule has 7 N–H and O–H groups in total. The van der Waals surface area contributed by atoms with E-state index in [1.807, 2.05) is 41.0 Å². The lowest BCUT2D eigenvalue weighted by molar-refractivity contribution is 0.0995. The summed E-state index contributed by atoms with van der Waals surface area (Å²) in [6.07, 6.45) is 1.38. The summed E-state index contributed by atoms with van der Waals surface area (Å²) in [5.74, 6) is 0.997. The Bertz CT molecular complexity index is 1540. The fourth-order valence-electron chi connectivity index (χ4n) is 4.24. The van der Waals surface area contributed by atoms with E-state index in [1.165, 1.54) is 19.5 Å². The topological polar surface area (TPSA) is 188 Å². The Labute approximate surface area is 223 Å². The SMILES string of the molecule is COc1c(OC[C@@H](O)CN[C@@H](N)c2ccccc2)ccc2c3n(c(=NC(=O)c4cnc(N)nc4)nc12)CCN3. The number of hydrogen-bond donors (Lipinski definition) is 5. The molecular weight excluding hydrogens is 502 g/mol. The van der Waals surface area contributed by atoms with Crippen molar-refractivity contribution in [3.63, 3.8) is 0 Å². The summed E-state index contributed by atoms with van der Waals surface area (Å²) >= 11 is 0. The normalized spacial score (nSPS) is 14.5. The maximum absolute atomic E-state index is 12.8. The average Bonchev–Trinajstić information content (AvgIpc) is 3.46. The zero-order chi connectivity index (χ0) is 27.4. The van der Waals surface area contributed by atoms with Crippen molar-refractivity contribution < 1.29 is 19.4 Å². The number of hydrogen-bond acceptors (Lipinski definition) is 11. The number of benzene rings is 2. The molecule has 0 radical (unpaired) electrons. The first-order chi connectivity index (χ1) is 18.9. The first-order valence-corrected chi connectivity index (χ1v) is 12.3. The minimum atomic E-state index is -0.837. The van der Waals surface area contributed by atoms with E-state index in [-0.39, 0.29) is 30.3 Å². The number of fused-ring (bicyclic) bond motifs is 3. The number of nitrogens with one attached hydrogen (secondary N) is 2. The Balaban J connectivity index is 1.39. The van der Waals surface area contributed by atoms with Gasteiger partial charge >= 0.3 is 0 Å². The highest BCUT2D eigenvalue weighted by Gasteiger charge is 2.21. The van der Waals surface area contributed by atoms with Crippen LogP contribution in [0.15, 0.2) is 59.9 Å². The van der Waals surface area contributed by atoms with E-state index in [1.54, 1.807) is 6.07 Å². The molecule has 0 fully saturated rings. The molecule has 0 bridgehead atoms. The molecule has 0 saturated carbocycles. The van der Waals surface area contributed by atoms with Gasteiger partial charge in [-0.15, -0.1) is 0 Å². The van der Waals surface area contributed by atoms with Crippen LogP contribution in [-0.2, 0) is 6.54 Å². The molecule has 0 unspecified atom stereocenters. The van der Waals surface area contributed by atoms with Crippen molar-refractivity contribution in [2.24, 2.45) is 10.7 Å². The summed E-state index contributed by atoms with van der Waals surface area (Å²) in [4.78, 5) is 29.4. The Morgan fingerprint density at radius 2 is 2.00 bits per heavy atom. The van der Waals surface area contributed by atoms with Crippen LogP contribution in [0.5, 0.6) is 11.5 Å². The number of nitrogens with zero attached hydrogens (tertiary/aromatic N) is 5. The minimum absolute atomic E-state index is 0.0127. The van der Waals surface area contributed by atoms with Gasteiger partial charge in [0.1, 0.15) is 24.0 Å². The van der Waals surface area contributed by atoms with Gasteiger partial charge in [-0.2, -0.15) is 4.99 Å². The van der Waals surface area contributed by atoms with Crippen LogP contribution >= 0.6 is 0 Å². The van der Waals surface area contributed by atoms with Crippen LogP contribution in [0, 0.1) is 0 Å². The monoisotopic (exact) mass is 531 g/mol. The number of carbonyl (C=O) groups excluding carboxylic acids is 1. The third-order valence-corrected chi connectivity index (χ3v) is 6.19. The van der Waals surface area contributed by atoms with Crippen LogP contribution in [0.4, 0.5) is 11.8 Å². The third kappa shape index (κ3) is 5.65. The van der Waals surface area contributed by atoms with Crippen LogP contribution in [0.25, 0.3) is 10.9 Å². The lowest BCUT2D eigenvalue weighted by Gasteiger charge is -2.19. The third-order valence-electron chi connectivity index (χ3n) is 6.19. The molecule has 0 spiro atoms. The first kappa shape index (κ1) is 26.0. The van der Waals surface area contributed by atoms with Gasteiger partial charge in [-0.3, -0.25) is 14.7 Å². The van der Waals surface area contributed by atoms with Crippen LogP contribution in [-0.4, -0.2) is 63.4 Å². The molecule has 1 amide bonds. The molecular formula is C26H29N9O4. The Morgan fingerprint density at radius 1 is 1.23 bits per heavy atom. The molecule has 13 heteroatoms. The predicted molar refractivity (Wildman–Crippen MR) is 144 cm³/mol. The number of aliphatic hydroxyl groups excluding tert-OH is 1. The minimum Gasteiger partial charge on any atom is -0.491 e. The fourth-order valence-corrected chi connectivity index (χ4v) is 4.24. The van der Waals surface area contributed by atoms with Crippen molar-refractivity contribution in [2.75, 3.05) is 37.9 Å². The molecule has 39 heavy (non-hydrogen) atoms. The van der Waals surface area contributed by atoms with Gasteiger partial charge in [-0.1, -0.05) is 30.3 Å². The summed E-state index contributed by atoms with van der Waals surface area (Å²) in [6, 6.07) is 13.1. The van der Waals surface area contributed by atoms with Gasteiger partial charge in [0, 0.05) is 37.4 Å². The second-order valence-electron chi connectivity index (χ2n) is 8.84. The van der Waals surface area contributed by atoms with E-state index in [9.17, 15) is 9.90 Å². The summed E-state index contributed by atoms with van der Waals surface area (Å²) in [6.45, 7) is 1.43. The number of aliphatic hydroxyl groups is 1. The number of methoxy groups -OCH3 is 1. The standard InChI is InChI=1S/C26H29N9O4/c1-38-21-19(39-14-17(36)13-30-22(27)15-5-3-2-4-6-15)8-7-18-20(21)33-26(35-10-9-29-23(18)35)34-24(37)16-11-31-25(28)32-12-16/h2-8,11-12,17,22,29-30,36H,9-10,13-14,27H2,1H3,(H2,28,31,32)/t17-,22+/m0/s1. The van der Waals surface area contributed by atoms with Crippen LogP contribution in [0.1, 0.15) is 22.1 Å². The summed E-state index contributed by atoms with van der Waals surface area (Å²) in [7, 11) is 1.50. The lowest BCUT2D eigenvalue weighted by atomic mass is 10.2. The number of nitrogens with two attached hydrogens (primary N) is 2. The molecule has 5 rings (SSSR count). The Morgan fingerprint density at radius 3 is 2.74 bits per heavy atom. The number of aromatic nitrogens is 4. The molecule has 0 aliphatic carbocycles. The first-order valence-electron chi connectivity index (χ1n) is 12.3. The molecule has 2 atom stereocenters. The molecule has 3 heterocycles. The van der Waals surface area contributed by atoms with Gasteiger partial charge in [0.2, 0.25) is 11.6 Å². The van der Waals surface area contributed by atoms with E-state index in [0.29, 0.717) is 30.1 Å². The maximum atomic E-state index is 12.8. The zero-order valence-electron chi connectivity index (χ0n) is 21.2. The van der Waals surface area contributed by atoms with Crippen LogP contribution in [0.3, 0.4) is 0 Å². The second-order valence-corrected chi connectivity index (χ2v) is 8.84. The summed E-state index contributed by atoms with van der Waals surface area (Å²) in [5.41, 5.74) is 13.4. The highest BCUT2D eigenvalue weighted by Crippen LogP contribution is 2.37. The van der Waals surface area contributed by atoms with E-state index in [2.05, 4.69) is 30.6 Å². The number of nitrogen functional groups attached to an aromatic ring is 1. The van der Waals surface area contributed by atoms with Gasteiger partial charge in [0.15, 0.2) is 11.5 Å². The number of anilines is 2. The van der Waals surface area contributed by atoms with Crippen molar-refractivity contribution in [3.05, 3.63) is 71.6 Å². The molecule has 0 saturated heterocycles. The quantitative estimate of drug-likeness (QED) is 0.190. The molecule has 2 aromatic carbocycles. The predicted octanol–water partition coefficient (Wildman–Crippen LogP) is 0.571. The van der Waals surface area contributed by atoms with Crippen molar-refractivity contribution in [1.82, 2.24) is 24.8 Å². The van der Waals surface area contributed by atoms with Crippen molar-refractivity contribution in [2.45, 2.75) is 18.8 Å². The number of ether oxygens (including phenoxy) is 2. The molecule has 4 aromatic rings. The van der Waals surface area contributed by atoms with E-state index >= 15 is 0 Å². The average molecular weight is 532 g/mol. The number of carbonyl (C=O) groups is 1. The van der Waals surface area contributed by atoms with Gasteiger partial charge < -0.3 is 31.4 Å². The molecule has 202 valence electrons. The van der Waals surface area contributed by atoms with Crippen molar-refractivity contribution in [1.29, 1.82) is 0 Å². The van der Waals surface area contributed by atoms with Crippen LogP contribution in [0.2, 0.25) is 0 Å². The van der Waals surface area contributed by atoms with E-state index in [4.69, 9.17) is 20.9 Å². The molecule has 13 nitrogen and oxygen atoms in total. The van der Waals surface area contributed by atoms with Crippen molar-refractivity contribution in [3.8, 4) is 11.5 Å². The Hall–Kier alpha value is -4.59. The summed E-state index contributed by atoms with van der Waals surface area (Å²) in [5, 5.41) is 17.7. The fraction of sp³-hybridized carbons (Fsp3) is 0.269.